The van der Waals surface area contributed by atoms with E-state index in [-0.39, 0.29) is 0 Å². The summed E-state index contributed by atoms with van der Waals surface area (Å²) in [4.78, 5) is 0. The third-order valence-electron chi connectivity index (χ3n) is 14.0. The minimum Gasteiger partial charge on any atom is -0.490 e. The summed E-state index contributed by atoms with van der Waals surface area (Å²) in [5.74, 6) is 4.93. The molecule has 2 aromatic carbocycles. The number of aryl methyl sites for hydroxylation is 2. The lowest BCUT2D eigenvalue weighted by atomic mass is 9.74. The lowest BCUT2D eigenvalue weighted by Gasteiger charge is -2.37. The summed E-state index contributed by atoms with van der Waals surface area (Å²) >= 11 is 0. The molecule has 0 spiro atoms. The highest BCUT2D eigenvalue weighted by atomic mass is 16.5. The number of methoxy groups -OCH3 is 1. The first-order valence-electron chi connectivity index (χ1n) is 22.0. The first kappa shape index (κ1) is 37.9. The van der Waals surface area contributed by atoms with Crippen molar-refractivity contribution in [1.29, 1.82) is 0 Å². The van der Waals surface area contributed by atoms with Gasteiger partial charge in [-0.3, -0.25) is 0 Å². The van der Waals surface area contributed by atoms with E-state index in [1.807, 2.05) is 7.11 Å². The quantitative estimate of drug-likeness (QED) is 0.276. The lowest BCUT2D eigenvalue weighted by molar-refractivity contribution is 0.0256. The van der Waals surface area contributed by atoms with Gasteiger partial charge in [-0.15, -0.1) is 0 Å². The molecule has 0 bridgehead atoms. The minimum absolute atomic E-state index is 0.337. The maximum Gasteiger partial charge on any atom is 0.123 e. The van der Waals surface area contributed by atoms with Gasteiger partial charge in [-0.25, -0.2) is 0 Å². The Morgan fingerprint density at radius 1 is 0.520 bits per heavy atom. The lowest BCUT2D eigenvalue weighted by Crippen LogP contribution is -2.32. The van der Waals surface area contributed by atoms with E-state index in [1.54, 1.807) is 22.3 Å². The summed E-state index contributed by atoms with van der Waals surface area (Å²) in [7, 11) is 1.96. The SMILES string of the molecule is CCc1cc(C2CCCCCCC2)c(OC2CCCC(OC)CC(C3CCCCCCC3)C2)cc1C1CCCC(c2ccc(C)cc2)CCC1. The predicted octanol–water partition coefficient (Wildman–Crippen LogP) is 14.3. The van der Waals surface area contributed by atoms with Crippen LogP contribution < -0.4 is 4.74 Å². The Hall–Kier alpha value is -1.80. The second-order valence-corrected chi connectivity index (χ2v) is 17.5. The van der Waals surface area contributed by atoms with Crippen LogP contribution in [0.25, 0.3) is 0 Å². The Kier molecular flexibility index (Phi) is 15.1. The summed E-state index contributed by atoms with van der Waals surface area (Å²) in [5.41, 5.74) is 7.80. The molecule has 0 aromatic heterocycles. The average Bonchev–Trinajstić information content (AvgIpc) is 3.06. The monoisotopic (exact) mass is 683 g/mol. The first-order valence-corrected chi connectivity index (χ1v) is 22.0. The summed E-state index contributed by atoms with van der Waals surface area (Å²) in [6.45, 7) is 4.63. The minimum atomic E-state index is 0.337. The standard InChI is InChI=1S/C48H74O2/c1-4-37-34-47(42-20-13-9-6-10-14-21-42)48(35-46(37)41-24-15-22-38(23-16-25-41)40-30-28-36(2)29-31-40)50-45-27-17-26-44(49-3)32-43(33-45)39-18-11-7-5-8-12-19-39/h28-31,34-35,38-39,41-45H,4-27,32-33H2,1-3H3. The van der Waals surface area contributed by atoms with E-state index in [9.17, 15) is 0 Å². The van der Waals surface area contributed by atoms with E-state index in [4.69, 9.17) is 9.47 Å². The zero-order chi connectivity index (χ0) is 34.5. The van der Waals surface area contributed by atoms with Crippen molar-refractivity contribution >= 4 is 0 Å². The fourth-order valence-electron chi connectivity index (χ4n) is 11.0. The Balaban J connectivity index is 1.26. The Labute approximate surface area is 308 Å². The predicted molar refractivity (Wildman–Crippen MR) is 213 cm³/mol. The van der Waals surface area contributed by atoms with Gasteiger partial charge in [0.05, 0.1) is 12.2 Å². The Bertz CT molecular complexity index is 1240. The molecule has 0 saturated heterocycles. The molecule has 3 unspecified atom stereocenters. The smallest absolute Gasteiger partial charge is 0.123 e. The van der Waals surface area contributed by atoms with Crippen LogP contribution in [0.5, 0.6) is 5.75 Å². The normalized spacial score (nSPS) is 28.9. The van der Waals surface area contributed by atoms with Gasteiger partial charge in [0.15, 0.2) is 0 Å². The molecule has 4 aliphatic carbocycles. The summed E-state index contributed by atoms with van der Waals surface area (Å²) < 4.78 is 13.6. The molecule has 4 fully saturated rings. The molecule has 6 rings (SSSR count). The second kappa shape index (κ2) is 19.9. The van der Waals surface area contributed by atoms with Crippen LogP contribution in [0.15, 0.2) is 36.4 Å². The molecule has 278 valence electrons. The molecule has 4 aliphatic rings. The van der Waals surface area contributed by atoms with Crippen molar-refractivity contribution in [3.8, 4) is 5.75 Å². The van der Waals surface area contributed by atoms with Gasteiger partial charge in [0, 0.05) is 7.11 Å². The van der Waals surface area contributed by atoms with Gasteiger partial charge >= 0.3 is 0 Å². The second-order valence-electron chi connectivity index (χ2n) is 17.5. The molecule has 4 saturated carbocycles. The van der Waals surface area contributed by atoms with Crippen molar-refractivity contribution in [3.05, 3.63) is 64.2 Å². The van der Waals surface area contributed by atoms with Crippen molar-refractivity contribution in [2.75, 3.05) is 7.11 Å². The van der Waals surface area contributed by atoms with Crippen molar-refractivity contribution in [1.82, 2.24) is 0 Å². The molecule has 0 N–H and O–H groups in total. The van der Waals surface area contributed by atoms with Gasteiger partial charge in [-0.1, -0.05) is 133 Å². The number of ether oxygens (including phenoxy) is 2. The Morgan fingerprint density at radius 3 is 1.68 bits per heavy atom. The van der Waals surface area contributed by atoms with E-state index >= 15 is 0 Å². The van der Waals surface area contributed by atoms with Gasteiger partial charge in [0.1, 0.15) is 5.75 Å². The molecule has 0 aliphatic heterocycles. The molecule has 2 nitrogen and oxygen atoms in total. The molecular formula is C48H74O2. The number of benzene rings is 2. The van der Waals surface area contributed by atoms with Gasteiger partial charge in [-0.2, -0.15) is 0 Å². The van der Waals surface area contributed by atoms with Crippen LogP contribution in [-0.4, -0.2) is 19.3 Å². The largest absolute Gasteiger partial charge is 0.490 e. The summed E-state index contributed by atoms with van der Waals surface area (Å²) in [5, 5.41) is 0. The summed E-state index contributed by atoms with van der Waals surface area (Å²) in [6.07, 6.45) is 35.6. The third-order valence-corrected chi connectivity index (χ3v) is 14.0. The van der Waals surface area contributed by atoms with E-state index in [0.29, 0.717) is 24.0 Å². The maximum absolute atomic E-state index is 7.52. The molecule has 2 aromatic rings. The topological polar surface area (TPSA) is 18.5 Å². The zero-order valence-corrected chi connectivity index (χ0v) is 32.7. The van der Waals surface area contributed by atoms with Gasteiger partial charge in [-0.05, 0) is 142 Å². The molecule has 2 heteroatoms. The highest BCUT2D eigenvalue weighted by molar-refractivity contribution is 5.46. The van der Waals surface area contributed by atoms with Gasteiger partial charge < -0.3 is 9.47 Å². The molecule has 0 heterocycles. The van der Waals surface area contributed by atoms with Gasteiger partial charge in [0.25, 0.3) is 0 Å². The molecule has 0 amide bonds. The van der Waals surface area contributed by atoms with E-state index in [0.717, 1.165) is 24.2 Å². The van der Waals surface area contributed by atoms with E-state index < -0.39 is 0 Å². The number of hydrogen-bond acceptors (Lipinski definition) is 2. The zero-order valence-electron chi connectivity index (χ0n) is 32.7. The van der Waals surface area contributed by atoms with Crippen LogP contribution >= 0.6 is 0 Å². The fourth-order valence-corrected chi connectivity index (χ4v) is 11.0. The van der Waals surface area contributed by atoms with Crippen LogP contribution in [0.2, 0.25) is 0 Å². The highest BCUT2D eigenvalue weighted by Gasteiger charge is 2.32. The van der Waals surface area contributed by atoms with Crippen LogP contribution in [0.4, 0.5) is 0 Å². The number of hydrogen-bond donors (Lipinski definition) is 0. The van der Waals surface area contributed by atoms with Crippen LogP contribution in [0.1, 0.15) is 213 Å². The third kappa shape index (κ3) is 10.6. The van der Waals surface area contributed by atoms with Crippen molar-refractivity contribution in [2.24, 2.45) is 11.8 Å². The molecule has 3 atom stereocenters. The highest BCUT2D eigenvalue weighted by Crippen LogP contribution is 2.45. The van der Waals surface area contributed by atoms with E-state index in [2.05, 4.69) is 50.2 Å². The maximum atomic E-state index is 7.52. The van der Waals surface area contributed by atoms with Gasteiger partial charge in [0.2, 0.25) is 0 Å². The number of rotatable bonds is 8. The van der Waals surface area contributed by atoms with Crippen molar-refractivity contribution in [3.63, 3.8) is 0 Å². The van der Waals surface area contributed by atoms with E-state index in [1.165, 1.54) is 172 Å². The van der Waals surface area contributed by atoms with Crippen molar-refractivity contribution < 1.29 is 9.47 Å². The first-order chi connectivity index (χ1) is 24.6. The average molecular weight is 683 g/mol. The summed E-state index contributed by atoms with van der Waals surface area (Å²) in [6, 6.07) is 14.8. The van der Waals surface area contributed by atoms with Crippen LogP contribution in [0, 0.1) is 18.8 Å². The molecule has 50 heavy (non-hydrogen) atoms. The fraction of sp³-hybridized carbons (Fsp3) is 0.750. The molecular weight excluding hydrogens is 609 g/mol. The van der Waals surface area contributed by atoms with Crippen LogP contribution in [0.3, 0.4) is 0 Å². The molecule has 0 radical (unpaired) electrons. The van der Waals surface area contributed by atoms with Crippen molar-refractivity contribution in [2.45, 2.75) is 211 Å². The van der Waals surface area contributed by atoms with Crippen LogP contribution in [-0.2, 0) is 11.2 Å². The Morgan fingerprint density at radius 2 is 1.04 bits per heavy atom.